The molecule has 1 aromatic carbocycles. The van der Waals surface area contributed by atoms with E-state index in [4.69, 9.17) is 10.5 Å². The molecule has 3 N–H and O–H groups in total. The highest BCUT2D eigenvalue weighted by molar-refractivity contribution is 5.42. The molecule has 3 heteroatoms. The van der Waals surface area contributed by atoms with Gasteiger partial charge in [0.05, 0.1) is 7.11 Å². The van der Waals surface area contributed by atoms with Gasteiger partial charge in [0.1, 0.15) is 0 Å². The van der Waals surface area contributed by atoms with Crippen LogP contribution in [0.5, 0.6) is 11.5 Å². The molecule has 0 heterocycles. The Morgan fingerprint density at radius 1 is 1.54 bits per heavy atom. The molecule has 0 aliphatic carbocycles. The second-order valence-electron chi connectivity index (χ2n) is 2.95. The topological polar surface area (TPSA) is 55.5 Å². The van der Waals surface area contributed by atoms with E-state index in [-0.39, 0.29) is 11.8 Å². The van der Waals surface area contributed by atoms with E-state index in [1.165, 1.54) is 7.11 Å². The van der Waals surface area contributed by atoms with Gasteiger partial charge in [0.2, 0.25) is 0 Å². The molecule has 1 rings (SSSR count). The monoisotopic (exact) mass is 181 g/mol. The number of hydrogen-bond donors (Lipinski definition) is 2. The molecule has 0 saturated heterocycles. The Labute approximate surface area is 78.1 Å². The fraction of sp³-hybridized carbons (Fsp3) is 0.400. The van der Waals surface area contributed by atoms with E-state index in [1.54, 1.807) is 12.1 Å². The molecule has 0 radical (unpaired) electrons. The van der Waals surface area contributed by atoms with E-state index in [1.807, 2.05) is 13.0 Å². The third-order valence-electron chi connectivity index (χ3n) is 2.07. The summed E-state index contributed by atoms with van der Waals surface area (Å²) in [7, 11) is 1.52. The molecule has 0 saturated carbocycles. The number of phenols is 1. The molecule has 72 valence electrons. The van der Waals surface area contributed by atoms with Gasteiger partial charge in [-0.3, -0.25) is 0 Å². The van der Waals surface area contributed by atoms with Crippen molar-refractivity contribution < 1.29 is 9.84 Å². The van der Waals surface area contributed by atoms with Crippen LogP contribution in [0.2, 0.25) is 0 Å². The van der Waals surface area contributed by atoms with Crippen LogP contribution in [0.4, 0.5) is 0 Å². The first-order valence-electron chi connectivity index (χ1n) is 4.31. The average Bonchev–Trinajstić information content (AvgIpc) is 2.17. The van der Waals surface area contributed by atoms with E-state index >= 15 is 0 Å². The summed E-state index contributed by atoms with van der Waals surface area (Å²) in [6.07, 6.45) is 0.869. The Bertz CT molecular complexity index is 286. The minimum Gasteiger partial charge on any atom is -0.504 e. The van der Waals surface area contributed by atoms with Gasteiger partial charge in [0.25, 0.3) is 0 Å². The van der Waals surface area contributed by atoms with Crippen LogP contribution in [0.25, 0.3) is 0 Å². The van der Waals surface area contributed by atoms with Crippen molar-refractivity contribution in [1.29, 1.82) is 0 Å². The number of ether oxygens (including phenoxy) is 1. The number of nitrogens with two attached hydrogens (primary N) is 1. The first-order chi connectivity index (χ1) is 6.19. The predicted octanol–water partition coefficient (Wildman–Crippen LogP) is 1.81. The zero-order valence-corrected chi connectivity index (χ0v) is 7.95. The molecule has 0 aromatic heterocycles. The van der Waals surface area contributed by atoms with Crippen LogP contribution in [-0.4, -0.2) is 12.2 Å². The molecule has 0 aliphatic rings. The van der Waals surface area contributed by atoms with Crippen molar-refractivity contribution in [3.63, 3.8) is 0 Å². The summed E-state index contributed by atoms with van der Waals surface area (Å²) in [4.78, 5) is 0. The van der Waals surface area contributed by atoms with Gasteiger partial charge in [-0.1, -0.05) is 13.0 Å². The molecule has 13 heavy (non-hydrogen) atoms. The summed E-state index contributed by atoms with van der Waals surface area (Å²) in [5, 5.41) is 9.32. The van der Waals surface area contributed by atoms with Crippen LogP contribution >= 0.6 is 0 Å². The number of methoxy groups -OCH3 is 1. The van der Waals surface area contributed by atoms with E-state index in [9.17, 15) is 5.11 Å². The van der Waals surface area contributed by atoms with Gasteiger partial charge in [-0.15, -0.1) is 0 Å². The lowest BCUT2D eigenvalue weighted by atomic mass is 10.1. The van der Waals surface area contributed by atoms with Crippen molar-refractivity contribution in [2.45, 2.75) is 19.4 Å². The molecule has 1 atom stereocenters. The van der Waals surface area contributed by atoms with Gasteiger partial charge in [0, 0.05) is 6.04 Å². The Kier molecular flexibility index (Phi) is 3.14. The largest absolute Gasteiger partial charge is 0.504 e. The zero-order chi connectivity index (χ0) is 9.84. The molecule has 1 unspecified atom stereocenters. The molecule has 3 nitrogen and oxygen atoms in total. The number of benzene rings is 1. The molecule has 0 aliphatic heterocycles. The Morgan fingerprint density at radius 2 is 2.23 bits per heavy atom. The van der Waals surface area contributed by atoms with E-state index in [0.29, 0.717) is 5.75 Å². The van der Waals surface area contributed by atoms with Crippen LogP contribution in [-0.2, 0) is 0 Å². The van der Waals surface area contributed by atoms with Crippen LogP contribution in [0.3, 0.4) is 0 Å². The summed E-state index contributed by atoms with van der Waals surface area (Å²) >= 11 is 0. The SMILES string of the molecule is CCC(N)c1ccc(O)c(OC)c1. The van der Waals surface area contributed by atoms with Gasteiger partial charge < -0.3 is 15.6 Å². The molecule has 0 amide bonds. The van der Waals surface area contributed by atoms with Gasteiger partial charge >= 0.3 is 0 Å². The van der Waals surface area contributed by atoms with Gasteiger partial charge in [-0.05, 0) is 24.1 Å². The van der Waals surface area contributed by atoms with Crippen molar-refractivity contribution in [2.75, 3.05) is 7.11 Å². The lowest BCUT2D eigenvalue weighted by Crippen LogP contribution is -2.08. The quantitative estimate of drug-likeness (QED) is 0.747. The van der Waals surface area contributed by atoms with Crippen molar-refractivity contribution in [1.82, 2.24) is 0 Å². The van der Waals surface area contributed by atoms with E-state index < -0.39 is 0 Å². The average molecular weight is 181 g/mol. The van der Waals surface area contributed by atoms with E-state index in [2.05, 4.69) is 0 Å². The maximum atomic E-state index is 9.32. The number of hydrogen-bond acceptors (Lipinski definition) is 3. The number of aromatic hydroxyl groups is 1. The van der Waals surface area contributed by atoms with E-state index in [0.717, 1.165) is 12.0 Å². The molecular weight excluding hydrogens is 166 g/mol. The lowest BCUT2D eigenvalue weighted by Gasteiger charge is -2.11. The molecule has 0 fully saturated rings. The summed E-state index contributed by atoms with van der Waals surface area (Å²) in [5.41, 5.74) is 6.81. The highest BCUT2D eigenvalue weighted by Crippen LogP contribution is 2.28. The normalized spacial score (nSPS) is 12.5. The Balaban J connectivity index is 2.99. The zero-order valence-electron chi connectivity index (χ0n) is 7.95. The summed E-state index contributed by atoms with van der Waals surface area (Å²) in [6, 6.07) is 5.19. The predicted molar refractivity (Wildman–Crippen MR) is 51.9 cm³/mol. The first-order valence-corrected chi connectivity index (χ1v) is 4.31. The maximum absolute atomic E-state index is 9.32. The summed E-state index contributed by atoms with van der Waals surface area (Å²) in [5.74, 6) is 0.621. The smallest absolute Gasteiger partial charge is 0.160 e. The van der Waals surface area contributed by atoms with Crippen LogP contribution in [0.1, 0.15) is 24.9 Å². The first kappa shape index (κ1) is 9.86. The maximum Gasteiger partial charge on any atom is 0.160 e. The fourth-order valence-corrected chi connectivity index (χ4v) is 1.16. The second-order valence-corrected chi connectivity index (χ2v) is 2.95. The third kappa shape index (κ3) is 2.12. The molecular formula is C10H15NO2. The third-order valence-corrected chi connectivity index (χ3v) is 2.07. The molecule has 0 bridgehead atoms. The number of rotatable bonds is 3. The fourth-order valence-electron chi connectivity index (χ4n) is 1.16. The van der Waals surface area contributed by atoms with Crippen molar-refractivity contribution in [3.8, 4) is 11.5 Å². The van der Waals surface area contributed by atoms with Gasteiger partial charge in [-0.2, -0.15) is 0 Å². The minimum absolute atomic E-state index is 0.00880. The van der Waals surface area contributed by atoms with Crippen molar-refractivity contribution in [2.24, 2.45) is 5.73 Å². The Hall–Kier alpha value is -1.22. The van der Waals surface area contributed by atoms with Crippen LogP contribution in [0, 0.1) is 0 Å². The standard InChI is InChI=1S/C10H15NO2/c1-3-8(11)7-4-5-9(12)10(6-7)13-2/h4-6,8,12H,3,11H2,1-2H3. The lowest BCUT2D eigenvalue weighted by molar-refractivity contribution is 0.372. The Morgan fingerprint density at radius 3 is 2.77 bits per heavy atom. The second kappa shape index (κ2) is 4.14. The molecule has 1 aromatic rings. The summed E-state index contributed by atoms with van der Waals surface area (Å²) in [6.45, 7) is 2.02. The van der Waals surface area contributed by atoms with Crippen LogP contribution in [0.15, 0.2) is 18.2 Å². The van der Waals surface area contributed by atoms with Crippen molar-refractivity contribution in [3.05, 3.63) is 23.8 Å². The van der Waals surface area contributed by atoms with Gasteiger partial charge in [-0.25, -0.2) is 0 Å². The molecule has 0 spiro atoms. The van der Waals surface area contributed by atoms with Gasteiger partial charge in [0.15, 0.2) is 11.5 Å². The minimum atomic E-state index is 0.00880. The highest BCUT2D eigenvalue weighted by Gasteiger charge is 2.07. The summed E-state index contributed by atoms with van der Waals surface area (Å²) < 4.78 is 4.97. The van der Waals surface area contributed by atoms with Crippen molar-refractivity contribution >= 4 is 0 Å². The van der Waals surface area contributed by atoms with Crippen LogP contribution < -0.4 is 10.5 Å². The number of phenolic OH excluding ortho intramolecular Hbond substituents is 1. The highest BCUT2D eigenvalue weighted by atomic mass is 16.5.